The summed E-state index contributed by atoms with van der Waals surface area (Å²) in [4.78, 5) is 18.4. The van der Waals surface area contributed by atoms with Crippen LogP contribution in [0, 0.1) is 0 Å². The number of nitrogens with zero attached hydrogens (tertiary/aromatic N) is 2. The van der Waals surface area contributed by atoms with Gasteiger partial charge in [-0.15, -0.1) is 0 Å². The van der Waals surface area contributed by atoms with Crippen LogP contribution in [0.2, 0.25) is 5.15 Å². The van der Waals surface area contributed by atoms with E-state index in [0.29, 0.717) is 10.8 Å². The smallest absolute Gasteiger partial charge is 0.257 e. The van der Waals surface area contributed by atoms with Crippen molar-refractivity contribution >= 4 is 45.2 Å². The minimum atomic E-state index is -0.0338. The van der Waals surface area contributed by atoms with Crippen LogP contribution in [0.1, 0.15) is 24.2 Å². The maximum absolute atomic E-state index is 12.5. The summed E-state index contributed by atoms with van der Waals surface area (Å²) in [6.45, 7) is 4.99. The molecule has 1 aromatic heterocycles. The third-order valence-corrected chi connectivity index (χ3v) is 5.25. The van der Waals surface area contributed by atoms with Gasteiger partial charge in [0.25, 0.3) is 5.91 Å². The molecule has 2 atom stereocenters. The van der Waals surface area contributed by atoms with Gasteiger partial charge in [-0.05, 0) is 28.9 Å². The maximum Gasteiger partial charge on any atom is 0.257 e. The van der Waals surface area contributed by atoms with Crippen molar-refractivity contribution in [3.63, 3.8) is 0 Å². The number of amides is 1. The predicted molar refractivity (Wildman–Crippen MR) is 79.4 cm³/mol. The van der Waals surface area contributed by atoms with E-state index >= 15 is 0 Å². The third kappa shape index (κ3) is 2.83. The standard InChI is InChI=1S/C12H14BrClN2OS/c1-7-8(2)18-4-3-16(7)12(17)10-5-9(13)6-15-11(10)14/h5-8H,3-4H2,1-2H3. The van der Waals surface area contributed by atoms with Gasteiger partial charge >= 0.3 is 0 Å². The van der Waals surface area contributed by atoms with E-state index < -0.39 is 0 Å². The number of rotatable bonds is 1. The van der Waals surface area contributed by atoms with Crippen LogP contribution >= 0.6 is 39.3 Å². The fourth-order valence-corrected chi connectivity index (χ4v) is 3.56. The van der Waals surface area contributed by atoms with Crippen molar-refractivity contribution in [1.29, 1.82) is 0 Å². The molecule has 1 aromatic rings. The molecule has 1 aliphatic rings. The van der Waals surface area contributed by atoms with Crippen molar-refractivity contribution in [1.82, 2.24) is 9.88 Å². The Hall–Kier alpha value is -0.260. The minimum absolute atomic E-state index is 0.0338. The number of thioether (sulfide) groups is 1. The van der Waals surface area contributed by atoms with Crippen molar-refractivity contribution in [3.05, 3.63) is 27.5 Å². The molecular formula is C12H14BrClN2OS. The van der Waals surface area contributed by atoms with E-state index in [2.05, 4.69) is 34.8 Å². The summed E-state index contributed by atoms with van der Waals surface area (Å²) in [7, 11) is 0. The Bertz CT molecular complexity index is 471. The molecule has 0 radical (unpaired) electrons. The average molecular weight is 350 g/mol. The number of pyridine rings is 1. The van der Waals surface area contributed by atoms with E-state index in [1.165, 1.54) is 0 Å². The van der Waals surface area contributed by atoms with Crippen LogP contribution in [0.25, 0.3) is 0 Å². The van der Waals surface area contributed by atoms with E-state index in [4.69, 9.17) is 11.6 Å². The number of aromatic nitrogens is 1. The van der Waals surface area contributed by atoms with Crippen molar-refractivity contribution in [3.8, 4) is 0 Å². The topological polar surface area (TPSA) is 33.2 Å². The molecule has 0 spiro atoms. The van der Waals surface area contributed by atoms with Gasteiger partial charge in [-0.3, -0.25) is 4.79 Å². The largest absolute Gasteiger partial charge is 0.334 e. The SMILES string of the molecule is CC1SCCN(C(=O)c2cc(Br)cnc2Cl)C1C. The summed E-state index contributed by atoms with van der Waals surface area (Å²) < 4.78 is 0.766. The second-order valence-electron chi connectivity index (χ2n) is 4.31. The fourth-order valence-electron chi connectivity index (χ4n) is 1.95. The van der Waals surface area contributed by atoms with Crippen LogP contribution in [0.4, 0.5) is 0 Å². The monoisotopic (exact) mass is 348 g/mol. The summed E-state index contributed by atoms with van der Waals surface area (Å²) in [6, 6.07) is 1.95. The van der Waals surface area contributed by atoms with Crippen molar-refractivity contribution in [2.24, 2.45) is 0 Å². The van der Waals surface area contributed by atoms with E-state index in [0.717, 1.165) is 16.8 Å². The first-order chi connectivity index (χ1) is 8.50. The first-order valence-electron chi connectivity index (χ1n) is 5.74. The van der Waals surface area contributed by atoms with E-state index in [9.17, 15) is 4.79 Å². The quantitative estimate of drug-likeness (QED) is 0.728. The molecule has 6 heteroatoms. The van der Waals surface area contributed by atoms with E-state index in [-0.39, 0.29) is 17.1 Å². The summed E-state index contributed by atoms with van der Waals surface area (Å²) in [5.74, 6) is 0.935. The highest BCUT2D eigenvalue weighted by Gasteiger charge is 2.30. The van der Waals surface area contributed by atoms with Gasteiger partial charge in [0.2, 0.25) is 0 Å². The molecule has 2 heterocycles. The first-order valence-corrected chi connectivity index (χ1v) is 7.96. The highest BCUT2D eigenvalue weighted by atomic mass is 79.9. The number of hydrogen-bond donors (Lipinski definition) is 0. The van der Waals surface area contributed by atoms with Crippen LogP contribution in [0.3, 0.4) is 0 Å². The minimum Gasteiger partial charge on any atom is -0.334 e. The maximum atomic E-state index is 12.5. The van der Waals surface area contributed by atoms with Crippen LogP contribution in [-0.4, -0.2) is 39.4 Å². The van der Waals surface area contributed by atoms with Gasteiger partial charge < -0.3 is 4.90 Å². The molecule has 1 saturated heterocycles. The van der Waals surface area contributed by atoms with Crippen LogP contribution in [-0.2, 0) is 0 Å². The van der Waals surface area contributed by atoms with Gasteiger partial charge in [0.15, 0.2) is 0 Å². The Morgan fingerprint density at radius 1 is 1.61 bits per heavy atom. The number of halogens is 2. The van der Waals surface area contributed by atoms with Gasteiger partial charge in [0.1, 0.15) is 5.15 Å². The summed E-state index contributed by atoms with van der Waals surface area (Å²) >= 11 is 11.2. The normalized spacial score (nSPS) is 24.1. The number of carbonyl (C=O) groups excluding carboxylic acids is 1. The highest BCUT2D eigenvalue weighted by Crippen LogP contribution is 2.27. The second-order valence-corrected chi connectivity index (χ2v) is 7.07. The predicted octanol–water partition coefficient (Wildman–Crippen LogP) is 3.46. The highest BCUT2D eigenvalue weighted by molar-refractivity contribution is 9.10. The molecule has 2 rings (SSSR count). The van der Waals surface area contributed by atoms with Crippen molar-refractivity contribution < 1.29 is 4.79 Å². The molecule has 1 amide bonds. The van der Waals surface area contributed by atoms with Crippen molar-refractivity contribution in [2.75, 3.05) is 12.3 Å². The number of carbonyl (C=O) groups is 1. The Balaban J connectivity index is 2.27. The lowest BCUT2D eigenvalue weighted by Crippen LogP contribution is -2.48. The zero-order chi connectivity index (χ0) is 13.3. The molecule has 1 fully saturated rings. The van der Waals surface area contributed by atoms with E-state index in [1.807, 2.05) is 16.7 Å². The number of hydrogen-bond acceptors (Lipinski definition) is 3. The van der Waals surface area contributed by atoms with Gasteiger partial charge in [-0.1, -0.05) is 18.5 Å². The molecule has 98 valence electrons. The van der Waals surface area contributed by atoms with Gasteiger partial charge in [-0.2, -0.15) is 11.8 Å². The average Bonchev–Trinajstić information content (AvgIpc) is 2.35. The Kier molecular flexibility index (Phi) is 4.56. The summed E-state index contributed by atoms with van der Waals surface area (Å²) in [5, 5.41) is 0.711. The first kappa shape index (κ1) is 14.2. The lowest BCUT2D eigenvalue weighted by Gasteiger charge is -2.37. The van der Waals surface area contributed by atoms with Gasteiger partial charge in [0, 0.05) is 34.3 Å². The Morgan fingerprint density at radius 2 is 2.33 bits per heavy atom. The molecule has 0 N–H and O–H groups in total. The second kappa shape index (κ2) is 5.80. The molecule has 0 saturated carbocycles. The molecule has 0 bridgehead atoms. The lowest BCUT2D eigenvalue weighted by molar-refractivity contribution is 0.0698. The summed E-state index contributed by atoms with van der Waals surface area (Å²) in [6.07, 6.45) is 1.59. The van der Waals surface area contributed by atoms with Gasteiger partial charge in [-0.25, -0.2) is 4.98 Å². The fraction of sp³-hybridized carbons (Fsp3) is 0.500. The van der Waals surface area contributed by atoms with E-state index in [1.54, 1.807) is 12.3 Å². The molecule has 0 aromatic carbocycles. The molecular weight excluding hydrogens is 336 g/mol. The summed E-state index contributed by atoms with van der Waals surface area (Å²) in [5.41, 5.74) is 0.469. The lowest BCUT2D eigenvalue weighted by atomic mass is 10.1. The Morgan fingerprint density at radius 3 is 3.06 bits per heavy atom. The molecule has 0 aliphatic carbocycles. The zero-order valence-electron chi connectivity index (χ0n) is 10.2. The molecule has 18 heavy (non-hydrogen) atoms. The molecule has 2 unspecified atom stereocenters. The van der Waals surface area contributed by atoms with Gasteiger partial charge in [0.05, 0.1) is 5.56 Å². The van der Waals surface area contributed by atoms with Crippen LogP contribution in [0.15, 0.2) is 16.7 Å². The molecule has 3 nitrogen and oxygen atoms in total. The van der Waals surface area contributed by atoms with Crippen molar-refractivity contribution in [2.45, 2.75) is 25.1 Å². The Labute approximate surface area is 124 Å². The van der Waals surface area contributed by atoms with Crippen LogP contribution < -0.4 is 0 Å². The zero-order valence-corrected chi connectivity index (χ0v) is 13.3. The third-order valence-electron chi connectivity index (χ3n) is 3.18. The molecule has 1 aliphatic heterocycles. The van der Waals surface area contributed by atoms with Crippen LogP contribution in [0.5, 0.6) is 0 Å².